The van der Waals surface area contributed by atoms with Crippen molar-refractivity contribution in [2.24, 2.45) is 5.41 Å². The van der Waals surface area contributed by atoms with E-state index in [9.17, 15) is 4.79 Å². The summed E-state index contributed by atoms with van der Waals surface area (Å²) >= 11 is 0. The number of carbonyl (C=O) groups is 1. The van der Waals surface area contributed by atoms with Gasteiger partial charge in [0.25, 0.3) is 0 Å². The fraction of sp³-hybridized carbons (Fsp3) is 0.652. The topological polar surface area (TPSA) is 88.4 Å². The van der Waals surface area contributed by atoms with Crippen molar-refractivity contribution in [3.8, 4) is 0 Å². The summed E-state index contributed by atoms with van der Waals surface area (Å²) in [6.07, 6.45) is 9.64. The van der Waals surface area contributed by atoms with Gasteiger partial charge in [-0.05, 0) is 46.1 Å². The molecule has 1 saturated carbocycles. The summed E-state index contributed by atoms with van der Waals surface area (Å²) in [6.45, 7) is 8.90. The van der Waals surface area contributed by atoms with Crippen molar-refractivity contribution in [2.75, 3.05) is 36.4 Å². The van der Waals surface area contributed by atoms with E-state index >= 15 is 0 Å². The molecule has 1 N–H and O–H groups in total. The number of anilines is 3. The fourth-order valence-corrected chi connectivity index (χ4v) is 5.06. The maximum absolute atomic E-state index is 12.3. The molecule has 9 heteroatoms. The molecule has 3 aliphatic rings. The number of hydrogen-bond donors (Lipinski definition) is 1. The van der Waals surface area contributed by atoms with E-state index in [0.717, 1.165) is 50.2 Å². The molecule has 1 spiro atoms. The van der Waals surface area contributed by atoms with E-state index in [1.54, 1.807) is 11.1 Å². The van der Waals surface area contributed by atoms with Gasteiger partial charge in [0, 0.05) is 50.1 Å². The zero-order chi connectivity index (χ0) is 22.3. The molecular weight excluding hydrogens is 406 g/mol. The Balaban J connectivity index is 1.18. The van der Waals surface area contributed by atoms with Crippen LogP contribution in [-0.2, 0) is 4.74 Å². The molecule has 0 bridgehead atoms. The minimum Gasteiger partial charge on any atom is -0.444 e. The summed E-state index contributed by atoms with van der Waals surface area (Å²) in [5, 5.41) is 8.02. The first kappa shape index (κ1) is 21.0. The van der Waals surface area contributed by atoms with Gasteiger partial charge in [0.05, 0.1) is 6.04 Å². The predicted octanol–water partition coefficient (Wildman–Crippen LogP) is 3.98. The third-order valence-corrected chi connectivity index (χ3v) is 6.63. The highest BCUT2D eigenvalue weighted by Gasteiger charge is 2.50. The van der Waals surface area contributed by atoms with Crippen molar-refractivity contribution in [1.82, 2.24) is 24.6 Å². The highest BCUT2D eigenvalue weighted by atomic mass is 16.6. The van der Waals surface area contributed by atoms with Gasteiger partial charge in [0.2, 0.25) is 5.95 Å². The summed E-state index contributed by atoms with van der Waals surface area (Å²) in [4.78, 5) is 25.5. The Hall–Kier alpha value is -2.84. The molecule has 4 heterocycles. The second-order valence-corrected chi connectivity index (χ2v) is 10.5. The Morgan fingerprint density at radius 3 is 2.69 bits per heavy atom. The molecule has 32 heavy (non-hydrogen) atoms. The second kappa shape index (κ2) is 7.94. The summed E-state index contributed by atoms with van der Waals surface area (Å²) in [7, 11) is 0. The molecule has 5 rings (SSSR count). The van der Waals surface area contributed by atoms with Crippen LogP contribution in [0.25, 0.3) is 0 Å². The van der Waals surface area contributed by atoms with Gasteiger partial charge >= 0.3 is 6.09 Å². The average molecular weight is 440 g/mol. The lowest BCUT2D eigenvalue weighted by Gasteiger charge is -2.47. The van der Waals surface area contributed by atoms with Gasteiger partial charge in [-0.3, -0.25) is 4.68 Å². The lowest BCUT2D eigenvalue weighted by atomic mass is 9.79. The SMILES string of the molecule is CC(C)(C)OC(=O)N1CC2(CCN(c3nccc(Nc4ccn(C5CCCC5)n4)n3)C2)C1. The molecule has 172 valence electrons. The van der Waals surface area contributed by atoms with Crippen molar-refractivity contribution in [2.45, 2.75) is 64.5 Å². The van der Waals surface area contributed by atoms with Crippen molar-refractivity contribution in [3.05, 3.63) is 24.5 Å². The van der Waals surface area contributed by atoms with Crippen LogP contribution in [-0.4, -0.2) is 62.5 Å². The normalized spacial score (nSPS) is 20.6. The van der Waals surface area contributed by atoms with Crippen LogP contribution in [0.3, 0.4) is 0 Å². The van der Waals surface area contributed by atoms with Gasteiger partial charge in [-0.2, -0.15) is 10.1 Å². The first-order valence-electron chi connectivity index (χ1n) is 11.7. The number of amides is 1. The molecule has 2 aliphatic heterocycles. The standard InChI is InChI=1S/C23H33N7O2/c1-22(2,3)32-21(31)29-15-23(16-29)10-13-28(14-23)20-24-11-8-18(26-20)25-19-9-12-30(27-19)17-6-4-5-7-17/h8-9,11-12,17H,4-7,10,13-16H2,1-3H3,(H,24,25,26,27). The number of nitrogens with one attached hydrogen (secondary N) is 1. The van der Waals surface area contributed by atoms with Gasteiger partial charge in [-0.1, -0.05) is 12.8 Å². The lowest BCUT2D eigenvalue weighted by molar-refractivity contribution is -0.0266. The molecule has 9 nitrogen and oxygen atoms in total. The third-order valence-electron chi connectivity index (χ3n) is 6.63. The first-order chi connectivity index (χ1) is 15.3. The van der Waals surface area contributed by atoms with Crippen LogP contribution < -0.4 is 10.2 Å². The Labute approximate surface area is 189 Å². The largest absolute Gasteiger partial charge is 0.444 e. The Morgan fingerprint density at radius 1 is 1.16 bits per heavy atom. The molecule has 0 unspecified atom stereocenters. The molecule has 0 radical (unpaired) electrons. The number of carbonyl (C=O) groups excluding carboxylic acids is 1. The van der Waals surface area contributed by atoms with Gasteiger partial charge in [-0.25, -0.2) is 9.78 Å². The molecule has 0 aromatic carbocycles. The van der Waals surface area contributed by atoms with Crippen LogP contribution in [0.4, 0.5) is 22.4 Å². The predicted molar refractivity (Wildman–Crippen MR) is 122 cm³/mol. The van der Waals surface area contributed by atoms with Crippen molar-refractivity contribution in [1.29, 1.82) is 0 Å². The van der Waals surface area contributed by atoms with E-state index in [0.29, 0.717) is 6.04 Å². The second-order valence-electron chi connectivity index (χ2n) is 10.5. The summed E-state index contributed by atoms with van der Waals surface area (Å²) in [5.41, 5.74) is -0.348. The number of rotatable bonds is 4. The van der Waals surface area contributed by atoms with Gasteiger partial charge in [0.1, 0.15) is 11.4 Å². The van der Waals surface area contributed by atoms with Crippen molar-refractivity contribution >= 4 is 23.7 Å². The summed E-state index contributed by atoms with van der Waals surface area (Å²) in [6, 6.07) is 4.40. The van der Waals surface area contributed by atoms with E-state index in [-0.39, 0.29) is 11.5 Å². The minimum atomic E-state index is -0.463. The third kappa shape index (κ3) is 4.38. The van der Waals surface area contributed by atoms with E-state index < -0.39 is 5.60 Å². The molecule has 3 fully saturated rings. The van der Waals surface area contributed by atoms with Crippen LogP contribution in [0.5, 0.6) is 0 Å². The zero-order valence-electron chi connectivity index (χ0n) is 19.3. The molecule has 1 amide bonds. The summed E-state index contributed by atoms with van der Waals surface area (Å²) in [5.74, 6) is 2.28. The first-order valence-corrected chi connectivity index (χ1v) is 11.7. The summed E-state index contributed by atoms with van der Waals surface area (Å²) < 4.78 is 7.57. The van der Waals surface area contributed by atoms with Crippen molar-refractivity contribution < 1.29 is 9.53 Å². The van der Waals surface area contributed by atoms with Gasteiger partial charge in [0.15, 0.2) is 5.82 Å². The van der Waals surface area contributed by atoms with Crippen LogP contribution in [0, 0.1) is 5.41 Å². The maximum atomic E-state index is 12.3. The molecular formula is C23H33N7O2. The van der Waals surface area contributed by atoms with E-state index in [4.69, 9.17) is 14.8 Å². The van der Waals surface area contributed by atoms with Crippen molar-refractivity contribution in [3.63, 3.8) is 0 Å². The van der Waals surface area contributed by atoms with Gasteiger partial charge in [-0.15, -0.1) is 0 Å². The molecule has 2 aromatic rings. The highest BCUT2D eigenvalue weighted by Crippen LogP contribution is 2.41. The number of ether oxygens (including phenoxy) is 1. The average Bonchev–Trinajstić information content (AvgIpc) is 3.45. The van der Waals surface area contributed by atoms with Gasteiger partial charge < -0.3 is 19.9 Å². The molecule has 2 saturated heterocycles. The smallest absolute Gasteiger partial charge is 0.410 e. The molecule has 0 atom stereocenters. The fourth-order valence-electron chi connectivity index (χ4n) is 5.06. The quantitative estimate of drug-likeness (QED) is 0.771. The number of likely N-dealkylation sites (tertiary alicyclic amines) is 1. The number of nitrogens with zero attached hydrogens (tertiary/aromatic N) is 6. The van der Waals surface area contributed by atoms with E-state index in [1.165, 1.54) is 25.7 Å². The van der Waals surface area contributed by atoms with Crippen LogP contribution in [0.2, 0.25) is 0 Å². The minimum absolute atomic E-state index is 0.115. The maximum Gasteiger partial charge on any atom is 0.410 e. The monoisotopic (exact) mass is 439 g/mol. The molecule has 1 aliphatic carbocycles. The van der Waals surface area contributed by atoms with Crippen LogP contribution in [0.1, 0.15) is 58.9 Å². The highest BCUT2D eigenvalue weighted by molar-refractivity contribution is 5.69. The Morgan fingerprint density at radius 2 is 1.94 bits per heavy atom. The van der Waals surface area contributed by atoms with E-state index in [2.05, 4.69) is 26.1 Å². The van der Waals surface area contributed by atoms with Crippen LogP contribution in [0.15, 0.2) is 24.5 Å². The number of aromatic nitrogens is 4. The zero-order valence-corrected chi connectivity index (χ0v) is 19.3. The van der Waals surface area contributed by atoms with Crippen LogP contribution >= 0.6 is 0 Å². The Bertz CT molecular complexity index is 971. The number of hydrogen-bond acceptors (Lipinski definition) is 7. The Kier molecular flexibility index (Phi) is 5.22. The molecule has 2 aromatic heterocycles. The lowest BCUT2D eigenvalue weighted by Crippen LogP contribution is -2.60. The van der Waals surface area contributed by atoms with E-state index in [1.807, 2.05) is 32.9 Å².